The van der Waals surface area contributed by atoms with Crippen molar-refractivity contribution >= 4 is 7.37 Å². The number of allylic oxidation sites excluding steroid dienone is 3. The minimum Gasteiger partial charge on any atom is -0.343 e. The van der Waals surface area contributed by atoms with Gasteiger partial charge in [-0.3, -0.25) is 4.57 Å². The molecular formula is C9H16NO2P. The molecule has 0 aromatic carbocycles. The van der Waals surface area contributed by atoms with E-state index in [1.54, 1.807) is 12.2 Å². The highest BCUT2D eigenvalue weighted by atomic mass is 31.2. The van der Waals surface area contributed by atoms with E-state index >= 15 is 0 Å². The van der Waals surface area contributed by atoms with Gasteiger partial charge in [0, 0.05) is 6.16 Å². The lowest BCUT2D eigenvalue weighted by atomic mass is 10.4. The Labute approximate surface area is 79.1 Å². The first kappa shape index (κ1) is 12.4. The molecule has 3 nitrogen and oxygen atoms in total. The summed E-state index contributed by atoms with van der Waals surface area (Å²) < 4.78 is 11.4. The Hall–Kier alpha value is -0.630. The third-order valence-electron chi connectivity index (χ3n) is 1.49. The van der Waals surface area contributed by atoms with Crippen LogP contribution in [0, 0.1) is 0 Å². The minimum atomic E-state index is -3.29. The van der Waals surface area contributed by atoms with Gasteiger partial charge in [0.25, 0.3) is 0 Å². The molecule has 13 heavy (non-hydrogen) atoms. The highest BCUT2D eigenvalue weighted by Gasteiger charge is 2.22. The van der Waals surface area contributed by atoms with Crippen LogP contribution in [0.5, 0.6) is 0 Å². The zero-order chi connectivity index (χ0) is 10.3. The highest BCUT2D eigenvalue weighted by Crippen LogP contribution is 2.44. The fraction of sp³-hybridized carbons (Fsp3) is 0.333. The molecule has 0 radical (unpaired) electrons. The molecule has 0 aliphatic heterocycles. The second-order valence-corrected chi connectivity index (χ2v) is 5.14. The van der Waals surface area contributed by atoms with E-state index in [9.17, 15) is 9.46 Å². The number of hydrogen-bond acceptors (Lipinski definition) is 2. The van der Waals surface area contributed by atoms with Gasteiger partial charge in [-0.15, -0.1) is 13.2 Å². The Morgan fingerprint density at radius 2 is 2.08 bits per heavy atom. The molecule has 4 heteroatoms. The molecule has 0 heterocycles. The summed E-state index contributed by atoms with van der Waals surface area (Å²) in [6, 6.07) is 0. The van der Waals surface area contributed by atoms with Crippen molar-refractivity contribution in [3.05, 3.63) is 37.5 Å². The molecule has 0 aliphatic rings. The monoisotopic (exact) mass is 201 g/mol. The molecule has 2 atom stereocenters. The molecule has 0 saturated heterocycles. The van der Waals surface area contributed by atoms with Gasteiger partial charge in [-0.05, 0) is 6.42 Å². The van der Waals surface area contributed by atoms with Crippen LogP contribution in [-0.2, 0) is 4.57 Å². The molecular weight excluding hydrogens is 185 g/mol. The minimum absolute atomic E-state index is 0.0482. The summed E-state index contributed by atoms with van der Waals surface area (Å²) in [6.07, 6.45) is 7.06. The van der Waals surface area contributed by atoms with Crippen LogP contribution < -0.4 is 5.73 Å². The van der Waals surface area contributed by atoms with Crippen LogP contribution in [0.3, 0.4) is 0 Å². The van der Waals surface area contributed by atoms with Gasteiger partial charge in [-0.2, -0.15) is 0 Å². The fourth-order valence-corrected chi connectivity index (χ4v) is 1.76. The quantitative estimate of drug-likeness (QED) is 0.509. The van der Waals surface area contributed by atoms with Crippen molar-refractivity contribution in [1.82, 2.24) is 0 Å². The maximum Gasteiger partial charge on any atom is 0.224 e. The summed E-state index contributed by atoms with van der Waals surface area (Å²) in [7, 11) is -3.29. The van der Waals surface area contributed by atoms with Crippen LogP contribution >= 0.6 is 7.37 Å². The Morgan fingerprint density at radius 3 is 2.54 bits per heavy atom. The fourth-order valence-electron chi connectivity index (χ4n) is 0.755. The van der Waals surface area contributed by atoms with Crippen molar-refractivity contribution in [2.75, 3.05) is 6.16 Å². The molecule has 74 valence electrons. The van der Waals surface area contributed by atoms with E-state index in [1.807, 2.05) is 0 Å². The van der Waals surface area contributed by atoms with Gasteiger partial charge < -0.3 is 10.6 Å². The van der Waals surface area contributed by atoms with Crippen LogP contribution in [0.4, 0.5) is 0 Å². The summed E-state index contributed by atoms with van der Waals surface area (Å²) in [5, 5.41) is 0. The van der Waals surface area contributed by atoms with Gasteiger partial charge in [0.15, 0.2) is 0 Å². The van der Waals surface area contributed by atoms with Gasteiger partial charge in [0.2, 0.25) is 7.37 Å². The van der Waals surface area contributed by atoms with E-state index in [2.05, 4.69) is 13.2 Å². The summed E-state index contributed by atoms with van der Waals surface area (Å²) in [5.41, 5.74) is 5.50. The zero-order valence-electron chi connectivity index (χ0n) is 7.60. The highest BCUT2D eigenvalue weighted by molar-refractivity contribution is 7.59. The van der Waals surface area contributed by atoms with Gasteiger partial charge in [0.1, 0.15) is 5.78 Å². The number of rotatable bonds is 6. The molecule has 2 unspecified atom stereocenters. The van der Waals surface area contributed by atoms with Crippen LogP contribution in [0.2, 0.25) is 0 Å². The van der Waals surface area contributed by atoms with Gasteiger partial charge in [-0.25, -0.2) is 0 Å². The molecule has 0 bridgehead atoms. The van der Waals surface area contributed by atoms with Gasteiger partial charge in [-0.1, -0.05) is 24.3 Å². The lowest BCUT2D eigenvalue weighted by Crippen LogP contribution is -2.18. The topological polar surface area (TPSA) is 63.3 Å². The SMILES string of the molecule is C=CCC=CC(N)P(=O)(O)CC=C. The molecule has 0 rings (SSSR count). The third-order valence-corrected chi connectivity index (χ3v) is 3.38. The van der Waals surface area contributed by atoms with Gasteiger partial charge >= 0.3 is 0 Å². The largest absolute Gasteiger partial charge is 0.343 e. The standard InChI is InChI=1S/C9H16NO2P/c1-3-5-6-7-9(10)13(11,12)8-4-2/h3-4,6-7,9H,1-2,5,8,10H2,(H,11,12). The average Bonchev–Trinajstić information content (AvgIpc) is 2.04. The number of hydrogen-bond donors (Lipinski definition) is 2. The van der Waals surface area contributed by atoms with Crippen molar-refractivity contribution in [2.45, 2.75) is 12.2 Å². The normalized spacial score (nSPS) is 18.0. The van der Waals surface area contributed by atoms with Crippen molar-refractivity contribution in [3.63, 3.8) is 0 Å². The first-order valence-corrected chi connectivity index (χ1v) is 5.91. The molecule has 0 aliphatic carbocycles. The van der Waals surface area contributed by atoms with Crippen LogP contribution in [0.25, 0.3) is 0 Å². The lowest BCUT2D eigenvalue weighted by Gasteiger charge is -2.13. The summed E-state index contributed by atoms with van der Waals surface area (Å²) >= 11 is 0. The second-order valence-electron chi connectivity index (χ2n) is 2.67. The number of nitrogens with two attached hydrogens (primary N) is 1. The lowest BCUT2D eigenvalue weighted by molar-refractivity contribution is 0.474. The Morgan fingerprint density at radius 1 is 1.46 bits per heavy atom. The molecule has 0 aromatic rings. The molecule has 0 fully saturated rings. The van der Waals surface area contributed by atoms with Crippen molar-refractivity contribution in [3.8, 4) is 0 Å². The molecule has 3 N–H and O–H groups in total. The molecule has 0 saturated carbocycles. The predicted molar refractivity (Wildman–Crippen MR) is 56.8 cm³/mol. The van der Waals surface area contributed by atoms with E-state index < -0.39 is 13.2 Å². The average molecular weight is 201 g/mol. The molecule has 0 spiro atoms. The van der Waals surface area contributed by atoms with E-state index in [-0.39, 0.29) is 6.16 Å². The van der Waals surface area contributed by atoms with Crippen molar-refractivity contribution in [1.29, 1.82) is 0 Å². The van der Waals surface area contributed by atoms with Crippen molar-refractivity contribution < 1.29 is 9.46 Å². The summed E-state index contributed by atoms with van der Waals surface area (Å²) in [6.45, 7) is 6.91. The Balaban J connectivity index is 4.23. The molecule has 0 aromatic heterocycles. The predicted octanol–water partition coefficient (Wildman–Crippen LogP) is 1.86. The first-order chi connectivity index (χ1) is 6.04. The van der Waals surface area contributed by atoms with Gasteiger partial charge in [0.05, 0.1) is 0 Å². The Bertz CT molecular complexity index is 248. The third kappa shape index (κ3) is 4.83. The molecule has 0 amide bonds. The van der Waals surface area contributed by atoms with Crippen LogP contribution in [-0.4, -0.2) is 16.8 Å². The Kier molecular flexibility index (Phi) is 5.63. The zero-order valence-corrected chi connectivity index (χ0v) is 8.49. The van der Waals surface area contributed by atoms with Crippen molar-refractivity contribution in [2.24, 2.45) is 5.73 Å². The van der Waals surface area contributed by atoms with E-state index in [0.29, 0.717) is 6.42 Å². The van der Waals surface area contributed by atoms with Crippen LogP contribution in [0.1, 0.15) is 6.42 Å². The van der Waals surface area contributed by atoms with E-state index in [0.717, 1.165) is 0 Å². The van der Waals surface area contributed by atoms with E-state index in [4.69, 9.17) is 5.73 Å². The summed E-state index contributed by atoms with van der Waals surface area (Å²) in [4.78, 5) is 9.36. The summed E-state index contributed by atoms with van der Waals surface area (Å²) in [5.74, 6) is -0.801. The van der Waals surface area contributed by atoms with E-state index in [1.165, 1.54) is 12.2 Å². The van der Waals surface area contributed by atoms with Crippen LogP contribution in [0.15, 0.2) is 37.5 Å². The second kappa shape index (κ2) is 5.92. The maximum atomic E-state index is 11.4. The maximum absolute atomic E-state index is 11.4. The smallest absolute Gasteiger partial charge is 0.224 e. The first-order valence-electron chi connectivity index (χ1n) is 4.00.